The first kappa shape index (κ1) is 13.1. The van der Waals surface area contributed by atoms with Gasteiger partial charge in [-0.3, -0.25) is 0 Å². The Morgan fingerprint density at radius 2 is 1.78 bits per heavy atom. The highest BCUT2D eigenvalue weighted by Gasteiger charge is 2.06. The molecule has 2 N–H and O–H groups in total. The number of hydrogen-bond acceptors (Lipinski definition) is 2. The molecule has 0 heterocycles. The molecule has 0 saturated heterocycles. The lowest BCUT2D eigenvalue weighted by molar-refractivity contribution is 0.476. The summed E-state index contributed by atoms with van der Waals surface area (Å²) in [6, 6.07) is 11.5. The molecule has 2 aromatic carbocycles. The van der Waals surface area contributed by atoms with Crippen LogP contribution in [0.5, 0.6) is 5.75 Å². The first-order chi connectivity index (χ1) is 8.56. The lowest BCUT2D eigenvalue weighted by Crippen LogP contribution is -1.99. The van der Waals surface area contributed by atoms with Crippen LogP contribution in [0.1, 0.15) is 11.1 Å². The molecule has 18 heavy (non-hydrogen) atoms. The van der Waals surface area contributed by atoms with Gasteiger partial charge in [0.25, 0.3) is 0 Å². The van der Waals surface area contributed by atoms with Crippen LogP contribution < -0.4 is 5.32 Å². The van der Waals surface area contributed by atoms with Crippen molar-refractivity contribution in [2.24, 2.45) is 0 Å². The molecular formula is C14H13Cl2NO. The second kappa shape index (κ2) is 5.51. The first-order valence-electron chi connectivity index (χ1n) is 5.53. The van der Waals surface area contributed by atoms with E-state index in [1.54, 1.807) is 12.1 Å². The molecule has 0 saturated carbocycles. The highest BCUT2D eigenvalue weighted by atomic mass is 35.5. The largest absolute Gasteiger partial charge is 0.505 e. The lowest BCUT2D eigenvalue weighted by atomic mass is 10.1. The molecule has 0 radical (unpaired) electrons. The Labute approximate surface area is 116 Å². The zero-order valence-corrected chi connectivity index (χ0v) is 11.4. The molecule has 0 unspecified atom stereocenters. The van der Waals surface area contributed by atoms with Crippen molar-refractivity contribution in [3.8, 4) is 5.75 Å². The molecule has 2 nitrogen and oxygen atoms in total. The summed E-state index contributed by atoms with van der Waals surface area (Å²) in [7, 11) is 0. The number of halogens is 2. The topological polar surface area (TPSA) is 32.3 Å². The van der Waals surface area contributed by atoms with Crippen molar-refractivity contribution in [3.63, 3.8) is 0 Å². The van der Waals surface area contributed by atoms with E-state index >= 15 is 0 Å². The van der Waals surface area contributed by atoms with Gasteiger partial charge in [-0.25, -0.2) is 0 Å². The fourth-order valence-electron chi connectivity index (χ4n) is 1.69. The molecule has 0 aliphatic heterocycles. The lowest BCUT2D eigenvalue weighted by Gasteiger charge is -2.09. The van der Waals surface area contributed by atoms with Crippen LogP contribution in [0.25, 0.3) is 0 Å². The van der Waals surface area contributed by atoms with Crippen molar-refractivity contribution in [1.82, 2.24) is 0 Å². The number of phenols is 1. The standard InChI is InChI=1S/C14H13Cl2NO/c1-9-3-2-4-10(5-9)8-17-11-6-12(15)14(18)13(16)7-11/h2-7,17-18H,8H2,1H3. The second-order valence-electron chi connectivity index (χ2n) is 4.13. The third kappa shape index (κ3) is 3.09. The molecule has 2 aromatic rings. The summed E-state index contributed by atoms with van der Waals surface area (Å²) in [5.41, 5.74) is 3.18. The van der Waals surface area contributed by atoms with Crippen molar-refractivity contribution in [3.05, 3.63) is 57.6 Å². The van der Waals surface area contributed by atoms with Crippen LogP contribution in [-0.2, 0) is 6.54 Å². The third-order valence-electron chi connectivity index (χ3n) is 2.60. The van der Waals surface area contributed by atoms with Gasteiger partial charge in [0.05, 0.1) is 10.0 Å². The number of nitrogens with one attached hydrogen (secondary N) is 1. The molecule has 2 rings (SSSR count). The fourth-order valence-corrected chi connectivity index (χ4v) is 2.18. The smallest absolute Gasteiger partial charge is 0.152 e. The number of benzene rings is 2. The van der Waals surface area contributed by atoms with Gasteiger partial charge in [-0.15, -0.1) is 0 Å². The van der Waals surface area contributed by atoms with E-state index in [0.717, 1.165) is 5.69 Å². The number of phenolic OH excluding ortho intramolecular Hbond substituents is 1. The Bertz CT molecular complexity index is 546. The Morgan fingerprint density at radius 3 is 2.39 bits per heavy atom. The molecule has 0 bridgehead atoms. The first-order valence-corrected chi connectivity index (χ1v) is 6.29. The summed E-state index contributed by atoms with van der Waals surface area (Å²) < 4.78 is 0. The molecule has 0 aliphatic rings. The molecule has 0 aliphatic carbocycles. The minimum Gasteiger partial charge on any atom is -0.505 e. The SMILES string of the molecule is Cc1cccc(CNc2cc(Cl)c(O)c(Cl)c2)c1. The van der Waals surface area contributed by atoms with Crippen LogP contribution in [0.4, 0.5) is 5.69 Å². The van der Waals surface area contributed by atoms with Gasteiger partial charge in [0.1, 0.15) is 0 Å². The summed E-state index contributed by atoms with van der Waals surface area (Å²) in [4.78, 5) is 0. The second-order valence-corrected chi connectivity index (χ2v) is 4.95. The number of rotatable bonds is 3. The maximum Gasteiger partial charge on any atom is 0.152 e. The van der Waals surface area contributed by atoms with Gasteiger partial charge < -0.3 is 10.4 Å². The fraction of sp³-hybridized carbons (Fsp3) is 0.143. The number of aromatic hydroxyl groups is 1. The van der Waals surface area contributed by atoms with Crippen LogP contribution in [0.2, 0.25) is 10.0 Å². The van der Waals surface area contributed by atoms with Crippen molar-refractivity contribution < 1.29 is 5.11 Å². The van der Waals surface area contributed by atoms with Crippen LogP contribution in [-0.4, -0.2) is 5.11 Å². The molecule has 0 amide bonds. The van der Waals surface area contributed by atoms with Crippen molar-refractivity contribution in [2.75, 3.05) is 5.32 Å². The van der Waals surface area contributed by atoms with Crippen LogP contribution in [0.15, 0.2) is 36.4 Å². The van der Waals surface area contributed by atoms with E-state index in [1.165, 1.54) is 11.1 Å². The molecule has 0 atom stereocenters. The molecule has 94 valence electrons. The minimum atomic E-state index is -0.0839. The van der Waals surface area contributed by atoms with Crippen LogP contribution in [0.3, 0.4) is 0 Å². The van der Waals surface area contributed by atoms with Crippen LogP contribution >= 0.6 is 23.2 Å². The predicted molar refractivity (Wildman–Crippen MR) is 76.6 cm³/mol. The zero-order chi connectivity index (χ0) is 13.1. The zero-order valence-electron chi connectivity index (χ0n) is 9.87. The Morgan fingerprint density at radius 1 is 1.11 bits per heavy atom. The molecule has 4 heteroatoms. The summed E-state index contributed by atoms with van der Waals surface area (Å²) in [6.07, 6.45) is 0. The highest BCUT2D eigenvalue weighted by Crippen LogP contribution is 2.34. The van der Waals surface area contributed by atoms with E-state index in [9.17, 15) is 5.11 Å². The maximum atomic E-state index is 9.46. The van der Waals surface area contributed by atoms with E-state index in [2.05, 4.69) is 24.4 Å². The number of anilines is 1. The van der Waals surface area contributed by atoms with Gasteiger partial charge in [-0.1, -0.05) is 53.0 Å². The predicted octanol–water partition coefficient (Wildman–Crippen LogP) is 4.62. The quantitative estimate of drug-likeness (QED) is 0.805. The summed E-state index contributed by atoms with van der Waals surface area (Å²) in [5.74, 6) is -0.0839. The summed E-state index contributed by atoms with van der Waals surface area (Å²) in [6.45, 7) is 2.73. The van der Waals surface area contributed by atoms with Crippen molar-refractivity contribution in [2.45, 2.75) is 13.5 Å². The monoisotopic (exact) mass is 281 g/mol. The molecule has 0 fully saturated rings. The van der Waals surface area contributed by atoms with Gasteiger partial charge in [0.2, 0.25) is 0 Å². The number of hydrogen-bond donors (Lipinski definition) is 2. The highest BCUT2D eigenvalue weighted by molar-refractivity contribution is 6.37. The van der Waals surface area contributed by atoms with Crippen molar-refractivity contribution in [1.29, 1.82) is 0 Å². The molecule has 0 spiro atoms. The van der Waals surface area contributed by atoms with Gasteiger partial charge in [-0.05, 0) is 24.6 Å². The minimum absolute atomic E-state index is 0.0839. The van der Waals surface area contributed by atoms with E-state index in [4.69, 9.17) is 23.2 Å². The Hall–Kier alpha value is -1.38. The Kier molecular flexibility index (Phi) is 4.00. The van der Waals surface area contributed by atoms with Crippen LogP contribution in [0, 0.1) is 6.92 Å². The van der Waals surface area contributed by atoms with E-state index < -0.39 is 0 Å². The summed E-state index contributed by atoms with van der Waals surface area (Å²) in [5, 5.41) is 13.2. The Balaban J connectivity index is 2.11. The van der Waals surface area contributed by atoms with E-state index in [0.29, 0.717) is 6.54 Å². The van der Waals surface area contributed by atoms with E-state index in [-0.39, 0.29) is 15.8 Å². The average molecular weight is 282 g/mol. The van der Waals surface area contributed by atoms with Crippen molar-refractivity contribution >= 4 is 28.9 Å². The number of aryl methyl sites for hydroxylation is 1. The maximum absolute atomic E-state index is 9.46. The van der Waals surface area contributed by atoms with Gasteiger partial charge in [-0.2, -0.15) is 0 Å². The average Bonchev–Trinajstić information content (AvgIpc) is 2.33. The van der Waals surface area contributed by atoms with E-state index in [1.807, 2.05) is 12.1 Å². The normalized spacial score (nSPS) is 10.4. The third-order valence-corrected chi connectivity index (χ3v) is 3.17. The van der Waals surface area contributed by atoms with Gasteiger partial charge in [0, 0.05) is 12.2 Å². The van der Waals surface area contributed by atoms with Gasteiger partial charge in [0.15, 0.2) is 5.75 Å². The van der Waals surface area contributed by atoms with Gasteiger partial charge >= 0.3 is 0 Å². The molecular weight excluding hydrogens is 269 g/mol. The molecule has 0 aromatic heterocycles. The summed E-state index contributed by atoms with van der Waals surface area (Å²) >= 11 is 11.7.